The third kappa shape index (κ3) is 6.61. The number of nitrogens with zero attached hydrogens (tertiary/aromatic N) is 5. The van der Waals surface area contributed by atoms with Gasteiger partial charge in [0.1, 0.15) is 23.5 Å². The van der Waals surface area contributed by atoms with E-state index in [9.17, 15) is 14.5 Å². The van der Waals surface area contributed by atoms with E-state index in [0.29, 0.717) is 11.3 Å². The molecule has 0 aliphatic carbocycles. The van der Waals surface area contributed by atoms with Gasteiger partial charge in [-0.05, 0) is 32.9 Å². The van der Waals surface area contributed by atoms with Gasteiger partial charge in [-0.2, -0.15) is 15.1 Å². The summed E-state index contributed by atoms with van der Waals surface area (Å²) in [6.07, 6.45) is -4.47. The van der Waals surface area contributed by atoms with E-state index in [0.717, 1.165) is 0 Å². The lowest BCUT2D eigenvalue weighted by Gasteiger charge is -2.31. The number of nitrogens with two attached hydrogens (primary N) is 1. The molecule has 0 amide bonds. The SMILES string of the molecule is CC(C)OC(=O)[C@H](C)N[P@@](=O)(OC[C@@]1(CCl)O[C@@H](n2cnc3c(N(C)C)nc(N)nc32)[C@H](F)[C@@H]1O)Oc1ccccc1. The van der Waals surface area contributed by atoms with Gasteiger partial charge in [0.15, 0.2) is 29.4 Å². The van der Waals surface area contributed by atoms with Crippen LogP contribution in [-0.2, 0) is 23.4 Å². The summed E-state index contributed by atoms with van der Waals surface area (Å²) < 4.78 is 53.4. The summed E-state index contributed by atoms with van der Waals surface area (Å²) in [6.45, 7) is 4.06. The van der Waals surface area contributed by atoms with E-state index in [2.05, 4.69) is 20.0 Å². The Bertz CT molecular complexity index is 1450. The van der Waals surface area contributed by atoms with Crippen molar-refractivity contribution in [2.24, 2.45) is 0 Å². The van der Waals surface area contributed by atoms with Crippen molar-refractivity contribution in [2.45, 2.75) is 57.0 Å². The van der Waals surface area contributed by atoms with Crippen LogP contribution in [0.2, 0.25) is 0 Å². The number of hydrogen-bond acceptors (Lipinski definition) is 12. The molecule has 6 atom stereocenters. The minimum Gasteiger partial charge on any atom is -0.462 e. The smallest absolute Gasteiger partial charge is 0.459 e. The minimum absolute atomic E-state index is 0.0796. The Morgan fingerprint density at radius 2 is 2.00 bits per heavy atom. The summed E-state index contributed by atoms with van der Waals surface area (Å²) in [4.78, 5) is 26.8. The Morgan fingerprint density at radius 1 is 1.31 bits per heavy atom. The van der Waals surface area contributed by atoms with Crippen LogP contribution in [-0.4, -0.2) is 87.2 Å². The first-order valence-corrected chi connectivity index (χ1v) is 15.1. The molecule has 230 valence electrons. The normalized spacial score (nSPS) is 24.5. The van der Waals surface area contributed by atoms with Crippen LogP contribution in [0.15, 0.2) is 36.7 Å². The number of anilines is 2. The van der Waals surface area contributed by atoms with Crippen molar-refractivity contribution in [3.63, 3.8) is 0 Å². The monoisotopic (exact) mass is 629 g/mol. The van der Waals surface area contributed by atoms with Gasteiger partial charge in [-0.25, -0.2) is 13.9 Å². The molecular formula is C25H34ClFN7O7P. The third-order valence-electron chi connectivity index (χ3n) is 6.32. The van der Waals surface area contributed by atoms with Crippen molar-refractivity contribution < 1.29 is 37.4 Å². The first-order valence-electron chi connectivity index (χ1n) is 13.0. The molecule has 42 heavy (non-hydrogen) atoms. The van der Waals surface area contributed by atoms with Gasteiger partial charge in [-0.1, -0.05) is 18.2 Å². The van der Waals surface area contributed by atoms with Crippen molar-refractivity contribution in [3.8, 4) is 5.75 Å². The average Bonchev–Trinajstić information content (AvgIpc) is 3.45. The second-order valence-corrected chi connectivity index (χ2v) is 12.2. The largest absolute Gasteiger partial charge is 0.462 e. The maximum atomic E-state index is 15.7. The number of esters is 1. The van der Waals surface area contributed by atoms with Gasteiger partial charge in [0.25, 0.3) is 0 Å². The number of carbonyl (C=O) groups is 1. The van der Waals surface area contributed by atoms with Crippen molar-refractivity contribution in [1.29, 1.82) is 0 Å². The van der Waals surface area contributed by atoms with Crippen molar-refractivity contribution >= 4 is 48.2 Å². The van der Waals surface area contributed by atoms with Gasteiger partial charge in [-0.15, -0.1) is 11.6 Å². The number of para-hydroxylation sites is 1. The maximum Gasteiger partial charge on any atom is 0.459 e. The summed E-state index contributed by atoms with van der Waals surface area (Å²) in [5, 5.41) is 13.5. The lowest BCUT2D eigenvalue weighted by atomic mass is 9.99. The van der Waals surface area contributed by atoms with Crippen LogP contribution >= 0.6 is 19.3 Å². The number of benzene rings is 1. The van der Waals surface area contributed by atoms with Gasteiger partial charge >= 0.3 is 13.7 Å². The topological polar surface area (TPSA) is 176 Å². The molecule has 0 radical (unpaired) electrons. The molecule has 1 saturated heterocycles. The first kappa shape index (κ1) is 31.9. The molecule has 14 nitrogen and oxygen atoms in total. The summed E-state index contributed by atoms with van der Waals surface area (Å²) in [5.74, 6) is -0.695. The Morgan fingerprint density at radius 3 is 2.62 bits per heavy atom. The van der Waals surface area contributed by atoms with Crippen molar-refractivity contribution in [2.75, 3.05) is 37.2 Å². The fraction of sp³-hybridized carbons (Fsp3) is 0.520. The van der Waals surface area contributed by atoms with Crippen LogP contribution in [0.5, 0.6) is 5.75 Å². The van der Waals surface area contributed by atoms with Crippen LogP contribution in [0.1, 0.15) is 27.0 Å². The first-order chi connectivity index (χ1) is 19.8. The Kier molecular flexibility index (Phi) is 9.60. The molecule has 1 fully saturated rings. The number of fused-ring (bicyclic) bond motifs is 1. The molecule has 0 spiro atoms. The summed E-state index contributed by atoms with van der Waals surface area (Å²) >= 11 is 6.23. The molecule has 3 heterocycles. The van der Waals surface area contributed by atoms with Gasteiger partial charge in [0.05, 0.1) is 24.9 Å². The number of alkyl halides is 2. The van der Waals surface area contributed by atoms with E-state index >= 15 is 4.39 Å². The van der Waals surface area contributed by atoms with Crippen LogP contribution < -0.4 is 20.2 Å². The van der Waals surface area contributed by atoms with E-state index in [-0.39, 0.29) is 17.3 Å². The highest BCUT2D eigenvalue weighted by molar-refractivity contribution is 7.52. The van der Waals surface area contributed by atoms with Crippen molar-refractivity contribution in [3.05, 3.63) is 36.7 Å². The fourth-order valence-corrected chi connectivity index (χ4v) is 6.09. The van der Waals surface area contributed by atoms with Gasteiger partial charge in [-0.3, -0.25) is 13.9 Å². The number of hydrogen-bond donors (Lipinski definition) is 3. The van der Waals surface area contributed by atoms with E-state index in [1.807, 2.05) is 0 Å². The zero-order chi connectivity index (χ0) is 30.8. The molecule has 1 aliphatic heterocycles. The lowest BCUT2D eigenvalue weighted by molar-refractivity contribution is -0.149. The third-order valence-corrected chi connectivity index (χ3v) is 8.39. The zero-order valence-electron chi connectivity index (χ0n) is 23.7. The molecule has 17 heteroatoms. The van der Waals surface area contributed by atoms with E-state index in [1.165, 1.54) is 30.0 Å². The molecule has 2 aromatic heterocycles. The van der Waals surface area contributed by atoms with Gasteiger partial charge in [0.2, 0.25) is 5.95 Å². The standard InChI is InChI=1S/C25H34ClFN7O7P/c1-14(2)39-23(36)15(3)32-42(37,41-16-9-7-6-8-10-16)38-12-25(11-26)19(35)17(27)22(40-25)34-13-29-18-20(33(4)5)30-24(28)31-21(18)34/h6-10,13-15,17,19,22,35H,11-12H2,1-5H3,(H,32,37)(H2,28,30,31)/t15-,17+,19-,22+,25+,42+/m0/s1. The predicted molar refractivity (Wildman–Crippen MR) is 153 cm³/mol. The lowest BCUT2D eigenvalue weighted by Crippen LogP contribution is -2.48. The number of aliphatic hydroxyl groups is 1. The number of imidazole rings is 1. The number of nitrogens with one attached hydrogen (secondary N) is 1. The fourth-order valence-electron chi connectivity index (χ4n) is 4.24. The average molecular weight is 630 g/mol. The molecule has 0 bridgehead atoms. The number of aromatic nitrogens is 4. The van der Waals surface area contributed by atoms with E-state index < -0.39 is 62.5 Å². The molecule has 4 rings (SSSR count). The zero-order valence-corrected chi connectivity index (χ0v) is 25.3. The van der Waals surface area contributed by atoms with Crippen molar-refractivity contribution in [1.82, 2.24) is 24.6 Å². The molecule has 3 aromatic rings. The molecule has 1 aromatic carbocycles. The number of ether oxygens (including phenoxy) is 2. The van der Waals surface area contributed by atoms with Crippen LogP contribution in [0.3, 0.4) is 0 Å². The Hall–Kier alpha value is -3.07. The van der Waals surface area contributed by atoms with Gasteiger partial charge < -0.3 is 29.7 Å². The highest BCUT2D eigenvalue weighted by Gasteiger charge is 2.57. The Balaban J connectivity index is 1.62. The van der Waals surface area contributed by atoms with Gasteiger partial charge in [0, 0.05) is 14.1 Å². The molecule has 1 aliphatic rings. The highest BCUT2D eigenvalue weighted by Crippen LogP contribution is 2.49. The quantitative estimate of drug-likeness (QED) is 0.152. The highest BCUT2D eigenvalue weighted by atomic mass is 35.5. The second kappa shape index (κ2) is 12.7. The second-order valence-electron chi connectivity index (χ2n) is 10.2. The molecule has 0 saturated carbocycles. The minimum atomic E-state index is -4.38. The Labute approximate surface area is 246 Å². The summed E-state index contributed by atoms with van der Waals surface area (Å²) in [6, 6.07) is 6.94. The van der Waals surface area contributed by atoms with Crippen LogP contribution in [0.4, 0.5) is 16.2 Å². The molecule has 0 unspecified atom stereocenters. The number of aliphatic hydroxyl groups excluding tert-OH is 1. The van der Waals surface area contributed by atoms with Crippen LogP contribution in [0, 0.1) is 0 Å². The molecule has 4 N–H and O–H groups in total. The predicted octanol–water partition coefficient (Wildman–Crippen LogP) is 2.81. The summed E-state index contributed by atoms with van der Waals surface area (Å²) in [7, 11) is -0.911. The van der Waals surface area contributed by atoms with E-state index in [4.69, 9.17) is 35.9 Å². The van der Waals surface area contributed by atoms with Crippen LogP contribution in [0.25, 0.3) is 11.2 Å². The summed E-state index contributed by atoms with van der Waals surface area (Å²) in [5.41, 5.74) is 4.47. The number of halogens is 2. The number of rotatable bonds is 12. The number of nitrogen functional groups attached to an aromatic ring is 1. The maximum absolute atomic E-state index is 15.7. The molecular weight excluding hydrogens is 596 g/mol. The van der Waals surface area contributed by atoms with E-state index in [1.54, 1.807) is 51.0 Å². The number of carbonyl (C=O) groups excluding carboxylic acids is 1.